The third-order valence-corrected chi connectivity index (χ3v) is 5.07. The zero-order valence-corrected chi connectivity index (χ0v) is 13.4. The Kier molecular flexibility index (Phi) is 3.84. The molecule has 0 aliphatic heterocycles. The van der Waals surface area contributed by atoms with Gasteiger partial charge in [0.1, 0.15) is 0 Å². The number of alkyl halides is 1. The molecule has 1 aromatic carbocycles. The van der Waals surface area contributed by atoms with Gasteiger partial charge in [0.15, 0.2) is 11.5 Å². The summed E-state index contributed by atoms with van der Waals surface area (Å²) in [6.07, 6.45) is 0. The lowest BCUT2D eigenvalue weighted by atomic mass is 10.0. The van der Waals surface area contributed by atoms with Gasteiger partial charge in [-0.1, -0.05) is 29.8 Å². The Bertz CT molecular complexity index is 459. The van der Waals surface area contributed by atoms with Crippen LogP contribution in [0.3, 0.4) is 0 Å². The molecule has 0 N–H and O–H groups in total. The molecule has 1 aromatic rings. The number of methoxy groups -OCH3 is 2. The maximum atomic E-state index is 6.04. The van der Waals surface area contributed by atoms with Crippen molar-refractivity contribution in [2.24, 2.45) is 11.3 Å². The summed E-state index contributed by atoms with van der Waals surface area (Å²) in [7, 11) is 3.30. The van der Waals surface area contributed by atoms with Gasteiger partial charge in [0.2, 0.25) is 0 Å². The zero-order valence-electron chi connectivity index (χ0n) is 11.1. The number of hydrogen-bond acceptors (Lipinski definition) is 2. The molecule has 0 radical (unpaired) electrons. The van der Waals surface area contributed by atoms with Crippen LogP contribution in [0.2, 0.25) is 0 Å². The lowest BCUT2D eigenvalue weighted by molar-refractivity contribution is 0.354. The van der Waals surface area contributed by atoms with Crippen LogP contribution in [0.5, 0.6) is 11.5 Å². The average Bonchev–Trinajstić information content (AvgIpc) is 2.90. The van der Waals surface area contributed by atoms with E-state index in [1.165, 1.54) is 5.56 Å². The smallest absolute Gasteiger partial charge is 0.161 e. The molecular weight excluding hydrogens is 316 g/mol. The van der Waals surface area contributed by atoms with E-state index in [9.17, 15) is 0 Å². The first-order valence-electron chi connectivity index (χ1n) is 5.94. The van der Waals surface area contributed by atoms with Crippen LogP contribution in [0, 0.1) is 11.3 Å². The first-order valence-corrected chi connectivity index (χ1v) is 7.27. The molecule has 2 unspecified atom stereocenters. The van der Waals surface area contributed by atoms with Crippen molar-refractivity contribution < 1.29 is 9.47 Å². The second-order valence-corrected chi connectivity index (χ2v) is 6.45. The number of benzene rings is 1. The molecule has 2 atom stereocenters. The number of hydrogen-bond donors (Lipinski definition) is 0. The number of halogens is 2. The maximum absolute atomic E-state index is 6.04. The van der Waals surface area contributed by atoms with Crippen LogP contribution in [0.1, 0.15) is 25.3 Å². The summed E-state index contributed by atoms with van der Waals surface area (Å²) in [5, 5.41) is 0. The molecule has 1 aliphatic rings. The van der Waals surface area contributed by atoms with Crippen LogP contribution < -0.4 is 9.47 Å². The van der Waals surface area contributed by atoms with E-state index < -0.39 is 0 Å². The number of ether oxygens (including phenoxy) is 2. The van der Waals surface area contributed by atoms with E-state index in [0.717, 1.165) is 16.0 Å². The summed E-state index contributed by atoms with van der Waals surface area (Å²) in [6.45, 7) is 4.52. The summed E-state index contributed by atoms with van der Waals surface area (Å²) in [4.78, 5) is 0. The highest BCUT2D eigenvalue weighted by Crippen LogP contribution is 2.66. The fourth-order valence-electron chi connectivity index (χ4n) is 2.76. The van der Waals surface area contributed by atoms with Gasteiger partial charge in [-0.05, 0) is 34.9 Å². The van der Waals surface area contributed by atoms with Gasteiger partial charge < -0.3 is 9.47 Å². The summed E-state index contributed by atoms with van der Waals surface area (Å²) >= 11 is 9.66. The topological polar surface area (TPSA) is 18.5 Å². The van der Waals surface area contributed by atoms with Crippen molar-refractivity contribution in [3.05, 3.63) is 22.2 Å². The Morgan fingerprint density at radius 2 is 1.78 bits per heavy atom. The van der Waals surface area contributed by atoms with Crippen molar-refractivity contribution in [2.45, 2.75) is 19.8 Å². The molecule has 18 heavy (non-hydrogen) atoms. The van der Waals surface area contributed by atoms with Gasteiger partial charge in [-0.25, -0.2) is 0 Å². The fraction of sp³-hybridized carbons (Fsp3) is 0.571. The minimum atomic E-state index is 0.254. The highest BCUT2D eigenvalue weighted by atomic mass is 79.9. The van der Waals surface area contributed by atoms with Gasteiger partial charge in [0.25, 0.3) is 0 Å². The van der Waals surface area contributed by atoms with Crippen molar-refractivity contribution in [1.82, 2.24) is 0 Å². The molecule has 1 saturated carbocycles. The molecule has 0 saturated heterocycles. The van der Waals surface area contributed by atoms with Gasteiger partial charge in [0.05, 0.1) is 14.2 Å². The molecule has 0 amide bonds. The molecule has 100 valence electrons. The van der Waals surface area contributed by atoms with Crippen molar-refractivity contribution in [1.29, 1.82) is 0 Å². The molecular formula is C14H18BrClO2. The first kappa shape index (κ1) is 14.0. The third kappa shape index (κ3) is 2.12. The maximum Gasteiger partial charge on any atom is 0.161 e. The van der Waals surface area contributed by atoms with E-state index in [1.807, 2.05) is 6.07 Å². The van der Waals surface area contributed by atoms with Crippen molar-refractivity contribution >= 4 is 27.5 Å². The largest absolute Gasteiger partial charge is 0.493 e. The molecule has 1 fully saturated rings. The molecule has 2 rings (SSSR count). The van der Waals surface area contributed by atoms with Crippen LogP contribution in [0.25, 0.3) is 0 Å². The van der Waals surface area contributed by atoms with Crippen LogP contribution >= 0.6 is 27.5 Å². The normalized spacial score (nSPS) is 24.8. The summed E-state index contributed by atoms with van der Waals surface area (Å²) in [5.41, 5.74) is 1.51. The highest BCUT2D eigenvalue weighted by molar-refractivity contribution is 9.10. The molecule has 0 heterocycles. The monoisotopic (exact) mass is 332 g/mol. The first-order chi connectivity index (χ1) is 8.47. The lowest BCUT2D eigenvalue weighted by Gasteiger charge is -2.12. The second-order valence-electron chi connectivity index (χ2n) is 5.29. The van der Waals surface area contributed by atoms with Crippen LogP contribution in [0.15, 0.2) is 16.6 Å². The standard InChI is InChI=1S/C14H18BrClO2/c1-14(2)9(7-16)13(14)8-5-11(17-3)12(18-4)6-10(8)15/h5-6,9,13H,7H2,1-4H3. The van der Waals surface area contributed by atoms with E-state index in [0.29, 0.717) is 17.7 Å². The fourth-order valence-corrected chi connectivity index (χ4v) is 3.90. The molecule has 2 nitrogen and oxygen atoms in total. The Morgan fingerprint density at radius 1 is 1.22 bits per heavy atom. The average molecular weight is 334 g/mol. The summed E-state index contributed by atoms with van der Waals surface area (Å²) in [6, 6.07) is 4.02. The lowest BCUT2D eigenvalue weighted by Crippen LogP contribution is -1.96. The van der Waals surface area contributed by atoms with Crippen LogP contribution in [-0.2, 0) is 0 Å². The predicted molar refractivity (Wildman–Crippen MR) is 78.0 cm³/mol. The van der Waals surface area contributed by atoms with E-state index in [4.69, 9.17) is 21.1 Å². The quantitative estimate of drug-likeness (QED) is 0.758. The highest BCUT2D eigenvalue weighted by Gasteiger charge is 2.58. The van der Waals surface area contributed by atoms with E-state index in [1.54, 1.807) is 14.2 Å². The molecule has 1 aliphatic carbocycles. The van der Waals surface area contributed by atoms with Crippen LogP contribution in [0.4, 0.5) is 0 Å². The Labute approximate surface area is 122 Å². The molecule has 0 spiro atoms. The Balaban J connectivity index is 2.41. The Hall–Kier alpha value is -0.410. The summed E-state index contributed by atoms with van der Waals surface area (Å²) < 4.78 is 11.7. The van der Waals surface area contributed by atoms with Gasteiger partial charge in [-0.15, -0.1) is 11.6 Å². The summed E-state index contributed by atoms with van der Waals surface area (Å²) in [5.74, 6) is 3.21. The Morgan fingerprint density at radius 3 is 2.22 bits per heavy atom. The minimum absolute atomic E-state index is 0.254. The van der Waals surface area contributed by atoms with Gasteiger partial charge in [-0.3, -0.25) is 0 Å². The SMILES string of the molecule is COc1cc(Br)c(C2C(CCl)C2(C)C)cc1OC. The van der Waals surface area contributed by atoms with Crippen LogP contribution in [-0.4, -0.2) is 20.1 Å². The van der Waals surface area contributed by atoms with Crippen molar-refractivity contribution in [2.75, 3.05) is 20.1 Å². The molecule has 0 bridgehead atoms. The molecule has 0 aromatic heterocycles. The van der Waals surface area contributed by atoms with E-state index in [-0.39, 0.29) is 5.41 Å². The zero-order chi connectivity index (χ0) is 13.5. The second kappa shape index (κ2) is 4.93. The van der Waals surface area contributed by atoms with Gasteiger partial charge in [-0.2, -0.15) is 0 Å². The van der Waals surface area contributed by atoms with Crippen molar-refractivity contribution in [3.63, 3.8) is 0 Å². The van der Waals surface area contributed by atoms with E-state index >= 15 is 0 Å². The molecule has 4 heteroatoms. The third-order valence-electron chi connectivity index (χ3n) is 4.05. The predicted octanol–water partition coefficient (Wildman–Crippen LogP) is 4.44. The van der Waals surface area contributed by atoms with Gasteiger partial charge >= 0.3 is 0 Å². The van der Waals surface area contributed by atoms with Crippen molar-refractivity contribution in [3.8, 4) is 11.5 Å². The minimum Gasteiger partial charge on any atom is -0.493 e. The number of rotatable bonds is 4. The van der Waals surface area contributed by atoms with E-state index in [2.05, 4.69) is 35.8 Å². The van der Waals surface area contributed by atoms with Gasteiger partial charge in [0, 0.05) is 10.4 Å².